The molecule has 0 aliphatic rings. The zero-order valence-electron chi connectivity index (χ0n) is 15.8. The van der Waals surface area contributed by atoms with Gasteiger partial charge in [-0.1, -0.05) is 27.3 Å². The molecule has 1 aromatic heterocycles. The molecule has 0 saturated carbocycles. The predicted molar refractivity (Wildman–Crippen MR) is 119 cm³/mol. The van der Waals surface area contributed by atoms with E-state index in [1.807, 2.05) is 24.3 Å². The lowest BCUT2D eigenvalue weighted by Crippen LogP contribution is -2.19. The Balaban J connectivity index is 1.45. The van der Waals surface area contributed by atoms with Crippen LogP contribution in [0.1, 0.15) is 10.6 Å². The van der Waals surface area contributed by atoms with Crippen LogP contribution in [-0.4, -0.2) is 35.5 Å². The molecule has 1 heterocycles. The molecule has 0 bridgehead atoms. The number of nitrogens with zero attached hydrogens (tertiary/aromatic N) is 3. The molecule has 11 heteroatoms. The number of ether oxygens (including phenoxy) is 1. The van der Waals surface area contributed by atoms with Crippen molar-refractivity contribution >= 4 is 56.2 Å². The number of hydrazone groups is 1. The summed E-state index contributed by atoms with van der Waals surface area (Å²) >= 11 is 4.44. The van der Waals surface area contributed by atoms with Gasteiger partial charge in [-0.15, -0.1) is 10.2 Å². The van der Waals surface area contributed by atoms with Gasteiger partial charge in [0.25, 0.3) is 0 Å². The predicted octanol–water partition coefficient (Wildman–Crippen LogP) is 3.65. The van der Waals surface area contributed by atoms with E-state index in [-0.39, 0.29) is 17.5 Å². The number of hydrogen-bond acceptors (Lipinski definition) is 7. The molecular weight excluding hydrogens is 472 g/mol. The standard InChI is InChI=1S/C19H17BrN6O3S/c1-29-15-8-2-12(3-9-15)11-21-24-16(27)10-17-25-26-19(30-17)23-18(28)22-14-6-4-13(20)5-7-14/h2-9,11H,10H2,1H3,(H,24,27)(H2,22,23,26,28)/b21-11-. The third kappa shape index (κ3) is 6.64. The van der Waals surface area contributed by atoms with Crippen molar-refractivity contribution in [2.45, 2.75) is 6.42 Å². The molecule has 30 heavy (non-hydrogen) atoms. The molecule has 0 atom stereocenters. The molecule has 0 aliphatic heterocycles. The van der Waals surface area contributed by atoms with Crippen LogP contribution in [0, 0.1) is 0 Å². The summed E-state index contributed by atoms with van der Waals surface area (Å²) in [7, 11) is 1.59. The normalized spacial score (nSPS) is 10.6. The number of urea groups is 1. The Morgan fingerprint density at radius 1 is 1.10 bits per heavy atom. The molecule has 9 nitrogen and oxygen atoms in total. The second-order valence-corrected chi connectivity index (χ2v) is 7.81. The second kappa shape index (κ2) is 10.5. The first kappa shape index (κ1) is 21.4. The first-order chi connectivity index (χ1) is 14.5. The largest absolute Gasteiger partial charge is 0.497 e. The summed E-state index contributed by atoms with van der Waals surface area (Å²) in [5.74, 6) is 0.393. The number of anilines is 2. The summed E-state index contributed by atoms with van der Waals surface area (Å²) in [6, 6.07) is 13.9. The van der Waals surface area contributed by atoms with E-state index in [1.54, 1.807) is 31.4 Å². The lowest BCUT2D eigenvalue weighted by molar-refractivity contribution is -0.120. The van der Waals surface area contributed by atoms with Gasteiger partial charge in [0.1, 0.15) is 10.8 Å². The van der Waals surface area contributed by atoms with E-state index < -0.39 is 6.03 Å². The van der Waals surface area contributed by atoms with Crippen molar-refractivity contribution in [1.29, 1.82) is 0 Å². The highest BCUT2D eigenvalue weighted by Gasteiger charge is 2.11. The van der Waals surface area contributed by atoms with Gasteiger partial charge in [-0.3, -0.25) is 10.1 Å². The highest BCUT2D eigenvalue weighted by atomic mass is 79.9. The van der Waals surface area contributed by atoms with E-state index in [0.717, 1.165) is 27.1 Å². The topological polar surface area (TPSA) is 118 Å². The molecule has 0 spiro atoms. The molecule has 0 aliphatic carbocycles. The second-order valence-electron chi connectivity index (χ2n) is 5.83. The first-order valence-corrected chi connectivity index (χ1v) is 10.2. The first-order valence-electron chi connectivity index (χ1n) is 8.64. The molecule has 0 radical (unpaired) electrons. The SMILES string of the molecule is COc1ccc(/C=N\NC(=O)Cc2nnc(NC(=O)Nc3ccc(Br)cc3)s2)cc1. The number of amides is 3. The maximum absolute atomic E-state index is 12.0. The molecular formula is C19H17BrN6O3S. The molecule has 0 saturated heterocycles. The number of carbonyl (C=O) groups excluding carboxylic acids is 2. The smallest absolute Gasteiger partial charge is 0.325 e. The number of carbonyl (C=O) groups is 2. The van der Waals surface area contributed by atoms with Crippen molar-refractivity contribution in [1.82, 2.24) is 15.6 Å². The van der Waals surface area contributed by atoms with Crippen LogP contribution in [0.5, 0.6) is 5.75 Å². The van der Waals surface area contributed by atoms with E-state index in [0.29, 0.717) is 10.7 Å². The number of rotatable bonds is 7. The Morgan fingerprint density at radius 3 is 2.53 bits per heavy atom. The molecule has 0 fully saturated rings. The van der Waals surface area contributed by atoms with Crippen LogP contribution < -0.4 is 20.8 Å². The van der Waals surface area contributed by atoms with E-state index in [4.69, 9.17) is 4.74 Å². The van der Waals surface area contributed by atoms with Gasteiger partial charge in [-0.2, -0.15) is 5.10 Å². The van der Waals surface area contributed by atoms with Crippen molar-refractivity contribution in [3.63, 3.8) is 0 Å². The Kier molecular flexibility index (Phi) is 7.46. The van der Waals surface area contributed by atoms with Crippen molar-refractivity contribution < 1.29 is 14.3 Å². The van der Waals surface area contributed by atoms with Crippen molar-refractivity contribution in [3.05, 3.63) is 63.6 Å². The van der Waals surface area contributed by atoms with E-state index in [9.17, 15) is 9.59 Å². The molecule has 3 N–H and O–H groups in total. The number of nitrogens with one attached hydrogen (secondary N) is 3. The van der Waals surface area contributed by atoms with Gasteiger partial charge in [0, 0.05) is 10.2 Å². The zero-order valence-corrected chi connectivity index (χ0v) is 18.2. The summed E-state index contributed by atoms with van der Waals surface area (Å²) in [5.41, 5.74) is 3.88. The van der Waals surface area contributed by atoms with Crippen LogP contribution in [0.3, 0.4) is 0 Å². The van der Waals surface area contributed by atoms with Gasteiger partial charge in [0.2, 0.25) is 11.0 Å². The highest BCUT2D eigenvalue weighted by Crippen LogP contribution is 2.17. The number of aromatic nitrogens is 2. The summed E-state index contributed by atoms with van der Waals surface area (Å²) in [5, 5.41) is 17.7. The Morgan fingerprint density at radius 2 is 1.83 bits per heavy atom. The van der Waals surface area contributed by atoms with Crippen LogP contribution in [0.15, 0.2) is 58.1 Å². The quantitative estimate of drug-likeness (QED) is 0.346. The fourth-order valence-electron chi connectivity index (χ4n) is 2.21. The fourth-order valence-corrected chi connectivity index (χ4v) is 3.21. The maximum Gasteiger partial charge on any atom is 0.325 e. The van der Waals surface area contributed by atoms with Crippen LogP contribution >= 0.6 is 27.3 Å². The lowest BCUT2D eigenvalue weighted by Gasteiger charge is -2.04. The summed E-state index contributed by atoms with van der Waals surface area (Å²) < 4.78 is 5.99. The van der Waals surface area contributed by atoms with E-state index in [1.165, 1.54) is 6.21 Å². The van der Waals surface area contributed by atoms with Gasteiger partial charge < -0.3 is 10.1 Å². The van der Waals surface area contributed by atoms with Crippen LogP contribution in [0.25, 0.3) is 0 Å². The van der Waals surface area contributed by atoms with Gasteiger partial charge in [0.15, 0.2) is 0 Å². The molecule has 154 valence electrons. The van der Waals surface area contributed by atoms with Gasteiger partial charge in [-0.05, 0) is 54.1 Å². The van der Waals surface area contributed by atoms with Gasteiger partial charge >= 0.3 is 6.03 Å². The average molecular weight is 489 g/mol. The minimum atomic E-state index is -0.450. The minimum Gasteiger partial charge on any atom is -0.497 e. The third-order valence-corrected chi connectivity index (χ3v) is 4.99. The third-order valence-electron chi connectivity index (χ3n) is 3.62. The average Bonchev–Trinajstić information content (AvgIpc) is 3.16. The van der Waals surface area contributed by atoms with Gasteiger partial charge in [0.05, 0.1) is 19.7 Å². The molecule has 2 aromatic carbocycles. The molecule has 3 rings (SSSR count). The summed E-state index contributed by atoms with van der Waals surface area (Å²) in [6.45, 7) is 0. The van der Waals surface area contributed by atoms with E-state index >= 15 is 0 Å². The zero-order chi connectivity index (χ0) is 21.3. The summed E-state index contributed by atoms with van der Waals surface area (Å²) in [4.78, 5) is 24.0. The highest BCUT2D eigenvalue weighted by molar-refractivity contribution is 9.10. The Hall–Kier alpha value is -3.31. The van der Waals surface area contributed by atoms with E-state index in [2.05, 4.69) is 47.3 Å². The Bertz CT molecular complexity index is 1040. The number of benzene rings is 2. The molecule has 0 unspecified atom stereocenters. The summed E-state index contributed by atoms with van der Waals surface area (Å²) in [6.07, 6.45) is 1.52. The number of hydrogen-bond donors (Lipinski definition) is 3. The van der Waals surface area contributed by atoms with Crippen LogP contribution in [0.4, 0.5) is 15.6 Å². The fraction of sp³-hybridized carbons (Fsp3) is 0.105. The maximum atomic E-state index is 12.0. The van der Waals surface area contributed by atoms with Crippen molar-refractivity contribution in [3.8, 4) is 5.75 Å². The van der Waals surface area contributed by atoms with Crippen molar-refractivity contribution in [2.75, 3.05) is 17.7 Å². The number of halogens is 1. The van der Waals surface area contributed by atoms with Crippen molar-refractivity contribution in [2.24, 2.45) is 5.10 Å². The van der Waals surface area contributed by atoms with Gasteiger partial charge in [-0.25, -0.2) is 10.2 Å². The Labute approximate surface area is 184 Å². The van der Waals surface area contributed by atoms with Crippen LogP contribution in [-0.2, 0) is 11.2 Å². The molecule has 3 amide bonds. The lowest BCUT2D eigenvalue weighted by atomic mass is 10.2. The monoisotopic (exact) mass is 488 g/mol. The number of methoxy groups -OCH3 is 1. The minimum absolute atomic E-state index is 0.00632. The van der Waals surface area contributed by atoms with Crippen LogP contribution in [0.2, 0.25) is 0 Å². The molecule has 3 aromatic rings.